The van der Waals surface area contributed by atoms with Crippen LogP contribution in [0.1, 0.15) is 107 Å². The molecule has 270 valence electrons. The average molecular weight is 669 g/mol. The second kappa shape index (κ2) is 12.0. The highest BCUT2D eigenvalue weighted by molar-refractivity contribution is 5.73. The molecule has 0 spiro atoms. The standard InChI is InChI=1S/C38H64N6O4/c1-22(2)24(5)34(6)16-17-36(8)25-12-13-29-35(7)20-47-21-38(29,26(25)14-15-37(36,9)30(34)32(45)46)18-27(44-41-33(39)40-42-44)31(35)48-19-28(23(3)4)43(10)11/h14,22-25,27-31H,12-13,15-21H2,1-11H3,(H2,39,41)(H,45,46)/t24-,25+,27-,28+,29+,30-,31+,34-,35-,36-,37+,38+/m1/s1. The lowest BCUT2D eigenvalue weighted by atomic mass is 9.34. The maximum absolute atomic E-state index is 13.4. The molecule has 1 aromatic rings. The summed E-state index contributed by atoms with van der Waals surface area (Å²) in [5, 5.41) is 24.2. The van der Waals surface area contributed by atoms with E-state index in [4.69, 9.17) is 15.2 Å². The summed E-state index contributed by atoms with van der Waals surface area (Å²) in [5.74, 6) is 0.985. The number of hydrogen-bond acceptors (Lipinski definition) is 8. The maximum Gasteiger partial charge on any atom is 0.307 e. The Morgan fingerprint density at radius 2 is 1.79 bits per heavy atom. The Morgan fingerprint density at radius 1 is 1.08 bits per heavy atom. The fourth-order valence-electron chi connectivity index (χ4n) is 12.6. The van der Waals surface area contributed by atoms with Gasteiger partial charge in [-0.1, -0.05) is 79.1 Å². The number of carboxylic acid groups (broad SMARTS) is 1. The van der Waals surface area contributed by atoms with E-state index in [0.717, 1.165) is 38.5 Å². The molecule has 4 fully saturated rings. The third-order valence-electron chi connectivity index (χ3n) is 15.7. The molecule has 0 aromatic carbocycles. The topological polar surface area (TPSA) is 129 Å². The van der Waals surface area contributed by atoms with Crippen molar-refractivity contribution in [3.8, 4) is 0 Å². The molecule has 4 aliphatic carbocycles. The van der Waals surface area contributed by atoms with Crippen LogP contribution in [0.3, 0.4) is 0 Å². The van der Waals surface area contributed by atoms with Crippen LogP contribution in [0, 0.1) is 62.6 Å². The van der Waals surface area contributed by atoms with Crippen molar-refractivity contribution in [2.75, 3.05) is 39.6 Å². The molecule has 0 amide bonds. The molecule has 2 heterocycles. The lowest BCUT2D eigenvalue weighted by Gasteiger charge is -2.71. The number of allylic oxidation sites excluding steroid dienone is 1. The molecule has 3 N–H and O–H groups in total. The second-order valence-corrected chi connectivity index (χ2v) is 18.6. The van der Waals surface area contributed by atoms with Crippen molar-refractivity contribution in [2.24, 2.45) is 62.6 Å². The molecule has 5 aliphatic rings. The molecule has 1 aliphatic heterocycles. The van der Waals surface area contributed by atoms with Crippen LogP contribution < -0.4 is 5.73 Å². The van der Waals surface area contributed by atoms with E-state index in [-0.39, 0.29) is 51.2 Å². The number of nitrogen functional groups attached to an aromatic ring is 1. The van der Waals surface area contributed by atoms with E-state index < -0.39 is 11.9 Å². The van der Waals surface area contributed by atoms with Crippen LogP contribution in [0.25, 0.3) is 0 Å². The first-order valence-electron chi connectivity index (χ1n) is 18.7. The molecule has 12 atom stereocenters. The number of likely N-dealkylation sites (N-methyl/N-ethyl adjacent to an activating group) is 1. The normalized spacial score (nSPS) is 43.7. The van der Waals surface area contributed by atoms with Gasteiger partial charge in [-0.15, -0.1) is 5.10 Å². The number of ether oxygens (including phenoxy) is 2. The van der Waals surface area contributed by atoms with E-state index >= 15 is 0 Å². The van der Waals surface area contributed by atoms with Gasteiger partial charge >= 0.3 is 5.97 Å². The van der Waals surface area contributed by atoms with Crippen molar-refractivity contribution in [1.29, 1.82) is 0 Å². The van der Waals surface area contributed by atoms with Gasteiger partial charge in [-0.2, -0.15) is 4.80 Å². The van der Waals surface area contributed by atoms with Crippen LogP contribution in [-0.2, 0) is 14.3 Å². The third-order valence-corrected chi connectivity index (χ3v) is 15.7. The molecule has 0 unspecified atom stereocenters. The first kappa shape index (κ1) is 35.8. The van der Waals surface area contributed by atoms with Gasteiger partial charge in [-0.05, 0) is 104 Å². The Balaban J connectivity index is 1.43. The number of anilines is 1. The zero-order valence-corrected chi connectivity index (χ0v) is 31.6. The summed E-state index contributed by atoms with van der Waals surface area (Å²) in [6.45, 7) is 22.6. The fraction of sp³-hybridized carbons (Fsp3) is 0.895. The van der Waals surface area contributed by atoms with Gasteiger partial charge in [0.15, 0.2) is 0 Å². The van der Waals surface area contributed by atoms with E-state index in [1.165, 1.54) is 5.57 Å². The number of nitrogens with two attached hydrogens (primary N) is 1. The Hall–Kier alpha value is -2.04. The van der Waals surface area contributed by atoms with Gasteiger partial charge in [-0.25, -0.2) is 0 Å². The molecule has 1 saturated heterocycles. The molecule has 48 heavy (non-hydrogen) atoms. The smallest absolute Gasteiger partial charge is 0.307 e. The zero-order valence-electron chi connectivity index (χ0n) is 31.6. The van der Waals surface area contributed by atoms with E-state index in [0.29, 0.717) is 49.4 Å². The zero-order chi connectivity index (χ0) is 35.2. The number of hydrogen-bond donors (Lipinski definition) is 2. The minimum Gasteiger partial charge on any atom is -0.481 e. The number of carbonyl (C=O) groups is 1. The average Bonchev–Trinajstić information content (AvgIpc) is 3.43. The number of aromatic nitrogens is 4. The Bertz CT molecular complexity index is 1400. The van der Waals surface area contributed by atoms with Crippen molar-refractivity contribution < 1.29 is 19.4 Å². The van der Waals surface area contributed by atoms with Crippen LogP contribution in [0.5, 0.6) is 0 Å². The van der Waals surface area contributed by atoms with Crippen molar-refractivity contribution in [3.63, 3.8) is 0 Å². The molecule has 10 heteroatoms. The predicted octanol–water partition coefficient (Wildman–Crippen LogP) is 6.36. The first-order chi connectivity index (χ1) is 22.4. The van der Waals surface area contributed by atoms with E-state index in [9.17, 15) is 9.90 Å². The Morgan fingerprint density at radius 3 is 2.38 bits per heavy atom. The van der Waals surface area contributed by atoms with Crippen LogP contribution in [0.15, 0.2) is 11.6 Å². The van der Waals surface area contributed by atoms with Gasteiger partial charge in [0.2, 0.25) is 0 Å². The molecule has 6 rings (SSSR count). The number of nitrogens with zero attached hydrogens (tertiary/aromatic N) is 5. The second-order valence-electron chi connectivity index (χ2n) is 18.6. The minimum absolute atomic E-state index is 0.140. The van der Waals surface area contributed by atoms with E-state index in [2.05, 4.69) is 103 Å². The van der Waals surface area contributed by atoms with Gasteiger partial charge in [0.1, 0.15) is 6.04 Å². The number of aliphatic carboxylic acids is 1. The number of carboxylic acids is 1. The van der Waals surface area contributed by atoms with Gasteiger partial charge in [0.05, 0.1) is 31.8 Å². The van der Waals surface area contributed by atoms with Crippen LogP contribution in [-0.4, -0.2) is 82.2 Å². The molecule has 0 radical (unpaired) electrons. The van der Waals surface area contributed by atoms with Crippen LogP contribution >= 0.6 is 0 Å². The molecule has 10 nitrogen and oxygen atoms in total. The summed E-state index contributed by atoms with van der Waals surface area (Å²) < 4.78 is 13.8. The van der Waals surface area contributed by atoms with Crippen LogP contribution in [0.4, 0.5) is 5.95 Å². The third kappa shape index (κ3) is 4.95. The quantitative estimate of drug-likeness (QED) is 0.289. The minimum atomic E-state index is -0.624. The summed E-state index contributed by atoms with van der Waals surface area (Å²) in [6.07, 6.45) is 8.02. The maximum atomic E-state index is 13.4. The van der Waals surface area contributed by atoms with Gasteiger partial charge < -0.3 is 25.2 Å². The molecular formula is C38H64N6O4. The lowest BCUT2D eigenvalue weighted by molar-refractivity contribution is -0.253. The number of rotatable bonds is 9. The van der Waals surface area contributed by atoms with Crippen LogP contribution in [0.2, 0.25) is 0 Å². The largest absolute Gasteiger partial charge is 0.481 e. The van der Waals surface area contributed by atoms with Gasteiger partial charge in [0.25, 0.3) is 5.95 Å². The van der Waals surface area contributed by atoms with Crippen molar-refractivity contribution in [3.05, 3.63) is 11.6 Å². The summed E-state index contributed by atoms with van der Waals surface area (Å²) in [4.78, 5) is 17.4. The molecule has 3 saturated carbocycles. The van der Waals surface area contributed by atoms with Crippen molar-refractivity contribution >= 4 is 11.9 Å². The lowest BCUT2D eigenvalue weighted by Crippen LogP contribution is -2.69. The molecule has 2 bridgehead atoms. The van der Waals surface area contributed by atoms with E-state index in [1.807, 2.05) is 0 Å². The number of tetrazole rings is 1. The van der Waals surface area contributed by atoms with Gasteiger partial charge in [0, 0.05) is 16.9 Å². The highest BCUT2D eigenvalue weighted by Gasteiger charge is 2.72. The van der Waals surface area contributed by atoms with Gasteiger partial charge in [-0.3, -0.25) is 4.79 Å². The molecule has 1 aromatic heterocycles. The monoisotopic (exact) mass is 668 g/mol. The van der Waals surface area contributed by atoms with Crippen molar-refractivity contribution in [1.82, 2.24) is 25.1 Å². The Labute approximate surface area is 288 Å². The first-order valence-corrected chi connectivity index (χ1v) is 18.7. The molecular weight excluding hydrogens is 604 g/mol. The summed E-state index contributed by atoms with van der Waals surface area (Å²) >= 11 is 0. The highest BCUT2D eigenvalue weighted by Crippen LogP contribution is 2.75. The summed E-state index contributed by atoms with van der Waals surface area (Å²) in [6, 6.07) is 0.121. The predicted molar refractivity (Wildman–Crippen MR) is 187 cm³/mol. The Kier molecular flexibility index (Phi) is 8.97. The summed E-state index contributed by atoms with van der Waals surface area (Å²) in [5.41, 5.74) is 6.34. The number of fused-ring (bicyclic) bond motifs is 3. The SMILES string of the molecule is CC(C)[C@@H](C)[C@@]1(C)CC[C@]2(C)[C@H]3CC[C@@H]4[C@@]5(COC[C@@]4(C)[C@@H](OC[C@@H](C(C)C)N(C)C)[C@H](n4nnc(N)n4)C5)C3=CC[C@@]2(C)[C@@H]1C(=O)O. The summed E-state index contributed by atoms with van der Waals surface area (Å²) in [7, 11) is 4.25. The van der Waals surface area contributed by atoms with Crippen molar-refractivity contribution in [2.45, 2.75) is 119 Å². The highest BCUT2D eigenvalue weighted by atomic mass is 16.5. The van der Waals surface area contributed by atoms with E-state index in [1.54, 1.807) is 4.80 Å². The fourth-order valence-corrected chi connectivity index (χ4v) is 12.6.